The van der Waals surface area contributed by atoms with Crippen LogP contribution >= 0.6 is 0 Å². The second-order valence-electron chi connectivity index (χ2n) is 3.22. The van der Waals surface area contributed by atoms with Gasteiger partial charge in [0.05, 0.1) is 12.0 Å². The second kappa shape index (κ2) is 4.09. The van der Waals surface area contributed by atoms with E-state index in [0.29, 0.717) is 0 Å². The fourth-order valence-electron chi connectivity index (χ4n) is 1.42. The van der Waals surface area contributed by atoms with E-state index in [9.17, 15) is 0 Å². The molecule has 0 saturated carbocycles. The summed E-state index contributed by atoms with van der Waals surface area (Å²) < 4.78 is 2.06. The third kappa shape index (κ3) is 1.84. The highest BCUT2D eigenvalue weighted by Crippen LogP contribution is 2.15. The second-order valence-corrected chi connectivity index (χ2v) is 3.22. The molecule has 0 N–H and O–H groups in total. The summed E-state index contributed by atoms with van der Waals surface area (Å²) in [5, 5.41) is 0. The third-order valence-corrected chi connectivity index (χ3v) is 2.12. The van der Waals surface area contributed by atoms with Gasteiger partial charge in [-0.3, -0.25) is 0 Å². The highest BCUT2D eigenvalue weighted by Gasteiger charge is 1.99. The van der Waals surface area contributed by atoms with E-state index in [4.69, 9.17) is 0 Å². The molecule has 0 bridgehead atoms. The predicted molar refractivity (Wildman–Crippen MR) is 57.6 cm³/mol. The fourth-order valence-corrected chi connectivity index (χ4v) is 1.42. The van der Waals surface area contributed by atoms with Gasteiger partial charge in [0.2, 0.25) is 0 Å². The van der Waals surface area contributed by atoms with E-state index in [-0.39, 0.29) is 0 Å². The minimum Gasteiger partial charge on any atom is -0.337 e. The molecule has 1 aromatic carbocycles. The van der Waals surface area contributed by atoms with Crippen LogP contribution in [-0.4, -0.2) is 9.55 Å². The van der Waals surface area contributed by atoms with E-state index >= 15 is 0 Å². The maximum atomic E-state index is 4.34. The molecule has 0 aliphatic rings. The Bertz CT molecular complexity index is 390. The number of hydrogen-bond acceptors (Lipinski definition) is 1. The molecule has 0 unspecified atom stereocenters. The molecule has 0 fully saturated rings. The Kier molecular flexibility index (Phi) is 2.63. The normalized spacial score (nSPS) is 10.4. The summed E-state index contributed by atoms with van der Waals surface area (Å²) in [5.41, 5.74) is 2.19. The Balaban J connectivity index is 2.25. The first-order valence-electron chi connectivity index (χ1n) is 4.76. The summed E-state index contributed by atoms with van der Waals surface area (Å²) in [4.78, 5) is 4.34. The van der Waals surface area contributed by atoms with Crippen LogP contribution < -0.4 is 0 Å². The molecule has 2 heteroatoms. The van der Waals surface area contributed by atoms with Gasteiger partial charge < -0.3 is 4.57 Å². The van der Waals surface area contributed by atoms with Crippen LogP contribution in [0.1, 0.15) is 6.42 Å². The van der Waals surface area contributed by atoms with Crippen molar-refractivity contribution in [2.75, 3.05) is 0 Å². The Morgan fingerprint density at radius 2 is 2.00 bits per heavy atom. The highest BCUT2D eigenvalue weighted by atomic mass is 15.0. The minimum absolute atomic E-state index is 0.893. The highest BCUT2D eigenvalue weighted by molar-refractivity contribution is 5.57. The molecule has 0 atom stereocenters. The zero-order chi connectivity index (χ0) is 9.80. The van der Waals surface area contributed by atoms with Crippen LogP contribution in [0, 0.1) is 6.92 Å². The van der Waals surface area contributed by atoms with E-state index in [1.165, 1.54) is 0 Å². The number of imidazole rings is 1. The fraction of sp³-hybridized carbons (Fsp3) is 0.167. The number of hydrogen-bond donors (Lipinski definition) is 0. The first-order valence-corrected chi connectivity index (χ1v) is 4.76. The monoisotopic (exact) mass is 185 g/mol. The molecule has 0 spiro atoms. The average Bonchev–Trinajstić information content (AvgIpc) is 2.68. The van der Waals surface area contributed by atoms with Crippen LogP contribution in [0.2, 0.25) is 0 Å². The van der Waals surface area contributed by atoms with Crippen molar-refractivity contribution in [3.63, 3.8) is 0 Å². The Labute approximate surface area is 84.2 Å². The standard InChI is InChI=1S/C12H13N2/c1-2-8-14-9-12(13-10-14)11-6-4-3-5-7-11/h3-7,9-10H,1-2,8H2. The summed E-state index contributed by atoms with van der Waals surface area (Å²) in [5.74, 6) is 0. The molecule has 71 valence electrons. The van der Waals surface area contributed by atoms with Gasteiger partial charge in [0.1, 0.15) is 0 Å². The Morgan fingerprint density at radius 1 is 1.21 bits per heavy atom. The first-order chi connectivity index (χ1) is 6.90. The molecule has 0 aliphatic heterocycles. The maximum Gasteiger partial charge on any atom is 0.0953 e. The lowest BCUT2D eigenvalue weighted by Gasteiger charge is -1.96. The van der Waals surface area contributed by atoms with Crippen molar-refractivity contribution in [3.05, 3.63) is 49.8 Å². The van der Waals surface area contributed by atoms with E-state index in [2.05, 4.69) is 34.8 Å². The van der Waals surface area contributed by atoms with Gasteiger partial charge in [-0.15, -0.1) is 0 Å². The van der Waals surface area contributed by atoms with Crippen molar-refractivity contribution in [1.82, 2.24) is 9.55 Å². The first kappa shape index (κ1) is 9.00. The number of rotatable bonds is 3. The van der Waals surface area contributed by atoms with Gasteiger partial charge in [-0.05, 0) is 6.42 Å². The summed E-state index contributed by atoms with van der Waals surface area (Å²) in [6, 6.07) is 10.2. The maximum absolute atomic E-state index is 4.34. The van der Waals surface area contributed by atoms with Crippen molar-refractivity contribution in [2.45, 2.75) is 13.0 Å². The quantitative estimate of drug-likeness (QED) is 0.719. The third-order valence-electron chi connectivity index (χ3n) is 2.12. The molecule has 1 heterocycles. The SMILES string of the molecule is [CH2]CCn1cnc(-c2ccccc2)c1. The van der Waals surface area contributed by atoms with Crippen molar-refractivity contribution < 1.29 is 0 Å². The van der Waals surface area contributed by atoms with Crippen LogP contribution in [0.15, 0.2) is 42.9 Å². The smallest absolute Gasteiger partial charge is 0.0953 e. The molecule has 2 rings (SSSR count). The molecule has 0 aliphatic carbocycles. The summed E-state index contributed by atoms with van der Waals surface area (Å²) in [6.45, 7) is 4.74. The van der Waals surface area contributed by atoms with E-state index in [1.54, 1.807) is 0 Å². The Morgan fingerprint density at radius 3 is 2.71 bits per heavy atom. The van der Waals surface area contributed by atoms with Crippen molar-refractivity contribution in [3.8, 4) is 11.3 Å². The molecule has 1 aromatic heterocycles. The van der Waals surface area contributed by atoms with Gasteiger partial charge in [-0.2, -0.15) is 0 Å². The van der Waals surface area contributed by atoms with Crippen LogP contribution in [0.4, 0.5) is 0 Å². The largest absolute Gasteiger partial charge is 0.337 e. The van der Waals surface area contributed by atoms with Crippen LogP contribution in [-0.2, 0) is 6.54 Å². The molecule has 14 heavy (non-hydrogen) atoms. The lowest BCUT2D eigenvalue weighted by molar-refractivity contribution is 0.707. The molecule has 0 amide bonds. The van der Waals surface area contributed by atoms with Gasteiger partial charge in [0.25, 0.3) is 0 Å². The number of nitrogens with zero attached hydrogens (tertiary/aromatic N) is 2. The number of aromatic nitrogens is 2. The van der Waals surface area contributed by atoms with E-state index < -0.39 is 0 Å². The van der Waals surface area contributed by atoms with Crippen molar-refractivity contribution in [1.29, 1.82) is 0 Å². The van der Waals surface area contributed by atoms with Gasteiger partial charge in [-0.25, -0.2) is 4.98 Å². The van der Waals surface area contributed by atoms with Gasteiger partial charge in [-0.1, -0.05) is 37.3 Å². The zero-order valence-corrected chi connectivity index (χ0v) is 8.06. The Hall–Kier alpha value is -1.57. The number of benzene rings is 1. The van der Waals surface area contributed by atoms with E-state index in [0.717, 1.165) is 24.2 Å². The van der Waals surface area contributed by atoms with E-state index in [1.807, 2.05) is 24.5 Å². The molecular weight excluding hydrogens is 172 g/mol. The topological polar surface area (TPSA) is 17.8 Å². The zero-order valence-electron chi connectivity index (χ0n) is 8.06. The lowest BCUT2D eigenvalue weighted by atomic mass is 10.2. The predicted octanol–water partition coefficient (Wildman–Crippen LogP) is 2.77. The lowest BCUT2D eigenvalue weighted by Crippen LogP contribution is -1.90. The summed E-state index contributed by atoms with van der Waals surface area (Å²) in [6.07, 6.45) is 4.80. The average molecular weight is 185 g/mol. The summed E-state index contributed by atoms with van der Waals surface area (Å²) in [7, 11) is 0. The molecule has 1 radical (unpaired) electrons. The molecule has 0 saturated heterocycles. The van der Waals surface area contributed by atoms with Crippen LogP contribution in [0.3, 0.4) is 0 Å². The van der Waals surface area contributed by atoms with Gasteiger partial charge in [0, 0.05) is 18.3 Å². The number of aryl methyl sites for hydroxylation is 1. The summed E-state index contributed by atoms with van der Waals surface area (Å²) >= 11 is 0. The molecule has 2 nitrogen and oxygen atoms in total. The van der Waals surface area contributed by atoms with Crippen molar-refractivity contribution in [2.24, 2.45) is 0 Å². The van der Waals surface area contributed by atoms with Crippen LogP contribution in [0.25, 0.3) is 11.3 Å². The molecular formula is C12H13N2. The van der Waals surface area contributed by atoms with Gasteiger partial charge in [0.15, 0.2) is 0 Å². The van der Waals surface area contributed by atoms with Crippen LogP contribution in [0.5, 0.6) is 0 Å². The van der Waals surface area contributed by atoms with Gasteiger partial charge >= 0.3 is 0 Å². The molecule has 2 aromatic rings. The van der Waals surface area contributed by atoms with Crippen molar-refractivity contribution >= 4 is 0 Å². The minimum atomic E-state index is 0.893.